The first kappa shape index (κ1) is 10.8. The number of halogens is 1. The third kappa shape index (κ3) is 1.85. The predicted octanol–water partition coefficient (Wildman–Crippen LogP) is 3.88. The van der Waals surface area contributed by atoms with Crippen molar-refractivity contribution in [3.05, 3.63) is 51.7 Å². The number of β-lactam (4-membered cyclic amide) rings is 1. The zero-order valence-electron chi connectivity index (χ0n) is 8.97. The van der Waals surface area contributed by atoms with Crippen molar-refractivity contribution in [1.82, 2.24) is 0 Å². The van der Waals surface area contributed by atoms with E-state index in [1.165, 1.54) is 4.88 Å². The average molecular weight is 264 g/mol. The number of hydrogen-bond donors (Lipinski definition) is 0. The Morgan fingerprint density at radius 2 is 2.00 bits per heavy atom. The van der Waals surface area contributed by atoms with Crippen LogP contribution in [0.5, 0.6) is 0 Å². The second kappa shape index (κ2) is 4.17. The van der Waals surface area contributed by atoms with Gasteiger partial charge in [-0.25, -0.2) is 0 Å². The van der Waals surface area contributed by atoms with E-state index >= 15 is 0 Å². The van der Waals surface area contributed by atoms with Crippen LogP contribution in [-0.4, -0.2) is 5.91 Å². The fraction of sp³-hybridized carbons (Fsp3) is 0.154. The first-order valence-electron chi connectivity index (χ1n) is 5.37. The lowest BCUT2D eigenvalue weighted by molar-refractivity contribution is -0.124. The molecule has 1 unspecified atom stereocenters. The summed E-state index contributed by atoms with van der Waals surface area (Å²) >= 11 is 7.54. The summed E-state index contributed by atoms with van der Waals surface area (Å²) in [5.41, 5.74) is 0.920. The number of benzene rings is 1. The maximum absolute atomic E-state index is 11.7. The molecule has 1 saturated heterocycles. The van der Waals surface area contributed by atoms with Crippen molar-refractivity contribution in [1.29, 1.82) is 0 Å². The lowest BCUT2D eigenvalue weighted by Crippen LogP contribution is -2.46. The van der Waals surface area contributed by atoms with E-state index in [-0.39, 0.29) is 11.9 Å². The molecule has 1 aromatic carbocycles. The second-order valence-electron chi connectivity index (χ2n) is 3.98. The first-order chi connectivity index (χ1) is 8.25. The largest absolute Gasteiger partial charge is 0.304 e. The van der Waals surface area contributed by atoms with Crippen molar-refractivity contribution in [3.63, 3.8) is 0 Å². The van der Waals surface area contributed by atoms with Gasteiger partial charge >= 0.3 is 0 Å². The number of amides is 1. The molecule has 2 nitrogen and oxygen atoms in total. The van der Waals surface area contributed by atoms with Gasteiger partial charge in [0.15, 0.2) is 0 Å². The van der Waals surface area contributed by atoms with Gasteiger partial charge in [0, 0.05) is 15.6 Å². The molecule has 2 heterocycles. The summed E-state index contributed by atoms with van der Waals surface area (Å²) in [5, 5.41) is 2.73. The Morgan fingerprint density at radius 1 is 1.24 bits per heavy atom. The molecule has 0 saturated carbocycles. The predicted molar refractivity (Wildman–Crippen MR) is 70.6 cm³/mol. The van der Waals surface area contributed by atoms with E-state index in [9.17, 15) is 4.79 Å². The van der Waals surface area contributed by atoms with Crippen LogP contribution in [0, 0.1) is 0 Å². The standard InChI is InChI=1S/C13H10ClNOS/c14-9-3-5-10(6-4-9)15-11(8-13(15)16)12-2-1-7-17-12/h1-7,11H,8H2. The van der Waals surface area contributed by atoms with Crippen LogP contribution in [0.25, 0.3) is 0 Å². The van der Waals surface area contributed by atoms with Crippen LogP contribution in [0.4, 0.5) is 5.69 Å². The number of rotatable bonds is 2. The van der Waals surface area contributed by atoms with E-state index in [1.54, 1.807) is 11.3 Å². The van der Waals surface area contributed by atoms with Crippen molar-refractivity contribution in [3.8, 4) is 0 Å². The Morgan fingerprint density at radius 3 is 2.59 bits per heavy atom. The molecule has 0 N–H and O–H groups in total. The molecule has 1 atom stereocenters. The van der Waals surface area contributed by atoms with Crippen molar-refractivity contribution in [2.45, 2.75) is 12.5 Å². The van der Waals surface area contributed by atoms with E-state index in [0.29, 0.717) is 11.4 Å². The molecule has 0 spiro atoms. The van der Waals surface area contributed by atoms with Crippen molar-refractivity contribution in [2.24, 2.45) is 0 Å². The number of thiophene rings is 1. The molecule has 86 valence electrons. The molecule has 1 amide bonds. The molecule has 1 aliphatic heterocycles. The average Bonchev–Trinajstić information content (AvgIpc) is 2.82. The first-order valence-corrected chi connectivity index (χ1v) is 6.62. The maximum atomic E-state index is 11.7. The summed E-state index contributed by atoms with van der Waals surface area (Å²) in [6, 6.07) is 11.7. The highest BCUT2D eigenvalue weighted by molar-refractivity contribution is 7.10. The van der Waals surface area contributed by atoms with Crippen LogP contribution >= 0.6 is 22.9 Å². The maximum Gasteiger partial charge on any atom is 0.230 e. The van der Waals surface area contributed by atoms with Crippen LogP contribution in [0.1, 0.15) is 17.3 Å². The summed E-state index contributed by atoms with van der Waals surface area (Å²) in [5.74, 6) is 0.172. The Kier molecular flexibility index (Phi) is 2.65. The van der Waals surface area contributed by atoms with E-state index < -0.39 is 0 Å². The van der Waals surface area contributed by atoms with Gasteiger partial charge in [-0.15, -0.1) is 11.3 Å². The normalized spacial score (nSPS) is 19.2. The van der Waals surface area contributed by atoms with Gasteiger partial charge in [0.2, 0.25) is 5.91 Å². The van der Waals surface area contributed by atoms with Crippen LogP contribution in [0.2, 0.25) is 5.02 Å². The lowest BCUT2D eigenvalue weighted by Gasteiger charge is -2.40. The topological polar surface area (TPSA) is 20.3 Å². The Bertz CT molecular complexity index is 535. The van der Waals surface area contributed by atoms with Gasteiger partial charge in [-0.1, -0.05) is 17.7 Å². The summed E-state index contributed by atoms with van der Waals surface area (Å²) in [7, 11) is 0. The molecule has 1 aliphatic rings. The van der Waals surface area contributed by atoms with Gasteiger partial charge in [0.1, 0.15) is 0 Å². The molecule has 0 aliphatic carbocycles. The number of carbonyl (C=O) groups is 1. The van der Waals surface area contributed by atoms with Gasteiger partial charge in [-0.05, 0) is 35.7 Å². The monoisotopic (exact) mass is 263 g/mol. The summed E-state index contributed by atoms with van der Waals surface area (Å²) < 4.78 is 0. The van der Waals surface area contributed by atoms with Crippen molar-refractivity contribution >= 4 is 34.5 Å². The minimum atomic E-state index is 0.172. The van der Waals surface area contributed by atoms with Crippen LogP contribution < -0.4 is 4.90 Å². The third-order valence-electron chi connectivity index (χ3n) is 2.92. The molecule has 2 aromatic rings. The molecule has 1 fully saturated rings. The van der Waals surface area contributed by atoms with Crippen LogP contribution in [0.15, 0.2) is 41.8 Å². The molecule has 1 aromatic heterocycles. The van der Waals surface area contributed by atoms with Crippen LogP contribution in [0.3, 0.4) is 0 Å². The Labute approximate surface area is 108 Å². The highest BCUT2D eigenvalue weighted by Crippen LogP contribution is 2.40. The number of hydrogen-bond acceptors (Lipinski definition) is 2. The quantitative estimate of drug-likeness (QED) is 0.753. The summed E-state index contributed by atoms with van der Waals surface area (Å²) in [6.45, 7) is 0. The van der Waals surface area contributed by atoms with Gasteiger partial charge in [0.05, 0.1) is 12.5 Å². The zero-order valence-corrected chi connectivity index (χ0v) is 10.5. The minimum Gasteiger partial charge on any atom is -0.304 e. The number of carbonyl (C=O) groups excluding carboxylic acids is 1. The van der Waals surface area contributed by atoms with Crippen molar-refractivity contribution in [2.75, 3.05) is 4.90 Å². The second-order valence-corrected chi connectivity index (χ2v) is 5.39. The van der Waals surface area contributed by atoms with Gasteiger partial charge in [-0.2, -0.15) is 0 Å². The highest BCUT2D eigenvalue weighted by atomic mass is 35.5. The lowest BCUT2D eigenvalue weighted by atomic mass is 9.99. The van der Waals surface area contributed by atoms with Gasteiger partial charge in [0.25, 0.3) is 0 Å². The third-order valence-corrected chi connectivity index (χ3v) is 4.15. The van der Waals surface area contributed by atoms with Crippen molar-refractivity contribution < 1.29 is 4.79 Å². The van der Waals surface area contributed by atoms with Gasteiger partial charge < -0.3 is 4.90 Å². The fourth-order valence-corrected chi connectivity index (χ4v) is 2.99. The molecule has 0 radical (unpaired) electrons. The highest BCUT2D eigenvalue weighted by Gasteiger charge is 2.38. The smallest absolute Gasteiger partial charge is 0.230 e. The minimum absolute atomic E-state index is 0.172. The molecule has 17 heavy (non-hydrogen) atoms. The Hall–Kier alpha value is -1.32. The molecule has 4 heteroatoms. The fourth-order valence-electron chi connectivity index (χ4n) is 2.05. The Balaban J connectivity index is 1.91. The summed E-state index contributed by atoms with van der Waals surface area (Å²) in [4.78, 5) is 14.8. The van der Waals surface area contributed by atoms with E-state index in [2.05, 4.69) is 6.07 Å². The molecule has 0 bridgehead atoms. The van der Waals surface area contributed by atoms with E-state index in [4.69, 9.17) is 11.6 Å². The molecule has 3 rings (SSSR count). The molecular formula is C13H10ClNOS. The number of anilines is 1. The number of nitrogens with zero attached hydrogens (tertiary/aromatic N) is 1. The van der Waals surface area contributed by atoms with Gasteiger partial charge in [-0.3, -0.25) is 4.79 Å². The summed E-state index contributed by atoms with van der Waals surface area (Å²) in [6.07, 6.45) is 0.600. The molecular weight excluding hydrogens is 254 g/mol. The van der Waals surface area contributed by atoms with E-state index in [0.717, 1.165) is 5.69 Å². The zero-order chi connectivity index (χ0) is 11.8. The van der Waals surface area contributed by atoms with Crippen LogP contribution in [-0.2, 0) is 4.79 Å². The van der Waals surface area contributed by atoms with E-state index in [1.807, 2.05) is 40.6 Å². The SMILES string of the molecule is O=C1CC(c2cccs2)N1c1ccc(Cl)cc1.